The Balaban J connectivity index is 3.64. The van der Waals surface area contributed by atoms with Crippen LogP contribution in [0.25, 0.3) is 0 Å². The molecule has 0 N–H and O–H groups in total. The van der Waals surface area contributed by atoms with E-state index in [2.05, 4.69) is 0 Å². The van der Waals surface area contributed by atoms with Crippen LogP contribution >= 0.6 is 0 Å². The molecule has 0 saturated carbocycles. The number of hydrogen-bond donors (Lipinski definition) is 0. The highest BCUT2D eigenvalue weighted by atomic mass is 19.2. The second-order valence-corrected chi connectivity index (χ2v) is 7.64. The number of rotatable bonds is 4. The van der Waals surface area contributed by atoms with Crippen molar-refractivity contribution in [2.45, 2.75) is 60.3 Å². The van der Waals surface area contributed by atoms with Gasteiger partial charge in [-0.1, -0.05) is 48.0 Å². The molecule has 0 amide bonds. The average Bonchev–Trinajstić information content (AvgIpc) is 2.40. The first-order chi connectivity index (χ1) is 9.83. The van der Waals surface area contributed by atoms with Gasteiger partial charge < -0.3 is 0 Å². The number of hydrogen-bond acceptors (Lipinski definition) is 0. The minimum absolute atomic E-state index is 0.312. The van der Waals surface area contributed by atoms with Crippen LogP contribution in [-0.2, 0) is 0 Å². The number of benzene rings is 1. The van der Waals surface area contributed by atoms with Gasteiger partial charge in [0.15, 0.2) is 23.3 Å². The molecular weight excluding hydrogens is 299 g/mol. The van der Waals surface area contributed by atoms with E-state index in [-0.39, 0.29) is 5.41 Å². The summed E-state index contributed by atoms with van der Waals surface area (Å²) in [7, 11) is 0. The van der Waals surface area contributed by atoms with Gasteiger partial charge in [-0.25, -0.2) is 22.0 Å². The van der Waals surface area contributed by atoms with Crippen molar-refractivity contribution < 1.29 is 22.0 Å². The van der Waals surface area contributed by atoms with Crippen molar-refractivity contribution in [3.05, 3.63) is 34.6 Å². The van der Waals surface area contributed by atoms with Crippen LogP contribution in [0.5, 0.6) is 0 Å². The lowest BCUT2D eigenvalue weighted by atomic mass is 9.66. The molecule has 1 aromatic rings. The Morgan fingerprint density at radius 3 is 1.41 bits per heavy atom. The summed E-state index contributed by atoms with van der Waals surface area (Å²) in [4.78, 5) is 0. The van der Waals surface area contributed by atoms with Gasteiger partial charge in [0.05, 0.1) is 0 Å². The highest BCUT2D eigenvalue weighted by Gasteiger charge is 2.39. The molecule has 0 heterocycles. The highest BCUT2D eigenvalue weighted by Crippen LogP contribution is 2.47. The summed E-state index contributed by atoms with van der Waals surface area (Å²) in [5.74, 6) is -10.1. The van der Waals surface area contributed by atoms with Gasteiger partial charge in [0.1, 0.15) is 0 Å². The summed E-state index contributed by atoms with van der Waals surface area (Å²) in [6.45, 7) is 11.0. The van der Waals surface area contributed by atoms with Crippen molar-refractivity contribution in [1.29, 1.82) is 0 Å². The van der Waals surface area contributed by atoms with Crippen molar-refractivity contribution >= 4 is 0 Å². The maximum atomic E-state index is 14.2. The first kappa shape index (κ1) is 18.9. The first-order valence-electron chi connectivity index (χ1n) is 7.34. The van der Waals surface area contributed by atoms with Crippen molar-refractivity contribution in [3.63, 3.8) is 0 Å². The van der Waals surface area contributed by atoms with E-state index >= 15 is 0 Å². The minimum atomic E-state index is -2.11. The summed E-state index contributed by atoms with van der Waals surface area (Å²) in [5.41, 5.74) is -1.62. The van der Waals surface area contributed by atoms with Crippen molar-refractivity contribution in [3.8, 4) is 0 Å². The zero-order chi connectivity index (χ0) is 17.5. The van der Waals surface area contributed by atoms with E-state index in [0.29, 0.717) is 12.8 Å². The molecule has 0 aromatic heterocycles. The fourth-order valence-corrected chi connectivity index (χ4v) is 2.56. The summed E-state index contributed by atoms with van der Waals surface area (Å²) < 4.78 is 68.7. The fraction of sp³-hybridized carbons (Fsp3) is 0.647. The predicted molar refractivity (Wildman–Crippen MR) is 77.1 cm³/mol. The molecule has 0 aliphatic rings. The highest BCUT2D eigenvalue weighted by molar-refractivity contribution is 5.29. The summed E-state index contributed by atoms with van der Waals surface area (Å²) in [6, 6.07) is 0. The largest absolute Gasteiger partial charge is 0.203 e. The molecule has 0 aliphatic heterocycles. The van der Waals surface area contributed by atoms with Gasteiger partial charge in [0.2, 0.25) is 5.82 Å². The molecule has 1 unspecified atom stereocenters. The minimum Gasteiger partial charge on any atom is -0.203 e. The Morgan fingerprint density at radius 1 is 0.727 bits per heavy atom. The quantitative estimate of drug-likeness (QED) is 0.345. The molecule has 126 valence electrons. The van der Waals surface area contributed by atoms with Crippen LogP contribution in [-0.4, -0.2) is 0 Å². The number of halogens is 5. The standard InChI is InChI=1S/C17H23F5/c1-7-17(5,6)9(8-16(2,3)4)10-11(18)13(20)15(22)14(21)12(10)19/h9H,7-8H2,1-6H3. The van der Waals surface area contributed by atoms with E-state index < -0.39 is 46.0 Å². The third kappa shape index (κ3) is 3.61. The van der Waals surface area contributed by atoms with Gasteiger partial charge in [0.25, 0.3) is 0 Å². The first-order valence-corrected chi connectivity index (χ1v) is 7.34. The van der Waals surface area contributed by atoms with Crippen LogP contribution in [0, 0.1) is 39.9 Å². The molecule has 1 atom stereocenters. The zero-order valence-electron chi connectivity index (χ0n) is 13.9. The fourth-order valence-electron chi connectivity index (χ4n) is 2.56. The van der Waals surface area contributed by atoms with Gasteiger partial charge >= 0.3 is 0 Å². The normalized spacial score (nSPS) is 14.3. The summed E-state index contributed by atoms with van der Waals surface area (Å²) in [6.07, 6.45) is 0.861. The van der Waals surface area contributed by atoms with E-state index in [1.807, 2.05) is 27.7 Å². The van der Waals surface area contributed by atoms with Gasteiger partial charge in [-0.2, -0.15) is 0 Å². The maximum absolute atomic E-state index is 14.2. The van der Waals surface area contributed by atoms with Gasteiger partial charge in [-0.05, 0) is 23.2 Å². The molecule has 0 fully saturated rings. The maximum Gasteiger partial charge on any atom is 0.200 e. The van der Waals surface area contributed by atoms with Crippen molar-refractivity contribution in [2.75, 3.05) is 0 Å². The molecule has 0 spiro atoms. The van der Waals surface area contributed by atoms with E-state index in [4.69, 9.17) is 0 Å². The van der Waals surface area contributed by atoms with Crippen LogP contribution in [0.3, 0.4) is 0 Å². The van der Waals surface area contributed by atoms with Gasteiger partial charge in [-0.15, -0.1) is 0 Å². The Labute approximate surface area is 128 Å². The monoisotopic (exact) mass is 322 g/mol. The second-order valence-electron chi connectivity index (χ2n) is 7.64. The molecule has 0 bridgehead atoms. The molecule has 0 radical (unpaired) electrons. The van der Waals surface area contributed by atoms with E-state index in [1.165, 1.54) is 0 Å². The topological polar surface area (TPSA) is 0 Å². The molecule has 5 heteroatoms. The molecule has 1 aromatic carbocycles. The zero-order valence-corrected chi connectivity index (χ0v) is 13.9. The Bertz CT molecular complexity index is 526. The lowest BCUT2D eigenvalue weighted by molar-refractivity contribution is 0.191. The molecule has 0 nitrogen and oxygen atoms in total. The molecule has 1 rings (SSSR count). The van der Waals surface area contributed by atoms with Crippen molar-refractivity contribution in [1.82, 2.24) is 0 Å². The van der Waals surface area contributed by atoms with E-state index in [0.717, 1.165) is 0 Å². The Morgan fingerprint density at radius 2 is 1.09 bits per heavy atom. The van der Waals surface area contributed by atoms with E-state index in [1.54, 1.807) is 13.8 Å². The third-order valence-electron chi connectivity index (χ3n) is 4.26. The average molecular weight is 322 g/mol. The predicted octanol–water partition coefficient (Wildman–Crippen LogP) is 6.34. The lowest BCUT2D eigenvalue weighted by Gasteiger charge is -2.38. The van der Waals surface area contributed by atoms with Crippen LogP contribution in [0.15, 0.2) is 0 Å². The van der Waals surface area contributed by atoms with Crippen LogP contribution in [0.2, 0.25) is 0 Å². The summed E-state index contributed by atoms with van der Waals surface area (Å²) in [5, 5.41) is 0. The smallest absolute Gasteiger partial charge is 0.200 e. The van der Waals surface area contributed by atoms with E-state index in [9.17, 15) is 22.0 Å². The lowest BCUT2D eigenvalue weighted by Crippen LogP contribution is -2.28. The van der Waals surface area contributed by atoms with Gasteiger partial charge in [0, 0.05) is 5.56 Å². The Hall–Kier alpha value is -1.13. The molecule has 22 heavy (non-hydrogen) atoms. The van der Waals surface area contributed by atoms with Crippen LogP contribution in [0.1, 0.15) is 65.9 Å². The van der Waals surface area contributed by atoms with Crippen LogP contribution < -0.4 is 0 Å². The van der Waals surface area contributed by atoms with Gasteiger partial charge in [-0.3, -0.25) is 0 Å². The SMILES string of the molecule is CCC(C)(C)C(CC(C)(C)C)c1c(F)c(F)c(F)c(F)c1F. The second kappa shape index (κ2) is 6.17. The third-order valence-corrected chi connectivity index (χ3v) is 4.26. The van der Waals surface area contributed by atoms with Crippen LogP contribution in [0.4, 0.5) is 22.0 Å². The summed E-state index contributed by atoms with van der Waals surface area (Å²) >= 11 is 0. The molecule has 0 saturated heterocycles. The molecule has 0 aliphatic carbocycles. The Kier molecular flexibility index (Phi) is 5.30. The molecular formula is C17H23F5. The van der Waals surface area contributed by atoms with Crippen molar-refractivity contribution in [2.24, 2.45) is 10.8 Å².